The van der Waals surface area contributed by atoms with Gasteiger partial charge in [-0.05, 0) is 31.9 Å². The van der Waals surface area contributed by atoms with Gasteiger partial charge in [0.05, 0.1) is 12.8 Å². The molecule has 1 N–H and O–H groups in total. The zero-order valence-electron chi connectivity index (χ0n) is 12.6. The van der Waals surface area contributed by atoms with E-state index in [4.69, 9.17) is 9.47 Å². The van der Waals surface area contributed by atoms with Crippen LogP contribution in [0.5, 0.6) is 5.75 Å². The lowest BCUT2D eigenvalue weighted by molar-refractivity contribution is -0.124. The first-order chi connectivity index (χ1) is 10.7. The van der Waals surface area contributed by atoms with E-state index in [0.717, 1.165) is 35.4 Å². The highest BCUT2D eigenvalue weighted by atomic mass is 32.1. The third-order valence-electron chi connectivity index (χ3n) is 3.59. The first-order valence-electron chi connectivity index (χ1n) is 7.20. The summed E-state index contributed by atoms with van der Waals surface area (Å²) in [4.78, 5) is 16.5. The van der Waals surface area contributed by atoms with Crippen molar-refractivity contribution in [3.63, 3.8) is 0 Å². The van der Waals surface area contributed by atoms with Crippen LogP contribution in [0.2, 0.25) is 0 Å². The SMILES string of the molecule is COc1ccc(C)cc1-c1csc(NC(=O)C2CCCO2)n1. The van der Waals surface area contributed by atoms with Gasteiger partial charge < -0.3 is 9.47 Å². The number of nitrogens with zero attached hydrogens (tertiary/aromatic N) is 1. The molecule has 1 fully saturated rings. The summed E-state index contributed by atoms with van der Waals surface area (Å²) >= 11 is 1.40. The molecule has 0 saturated carbocycles. The van der Waals surface area contributed by atoms with Gasteiger partial charge >= 0.3 is 0 Å². The van der Waals surface area contributed by atoms with Gasteiger partial charge in [0.15, 0.2) is 5.13 Å². The minimum absolute atomic E-state index is 0.116. The van der Waals surface area contributed by atoms with Crippen molar-refractivity contribution in [2.45, 2.75) is 25.9 Å². The van der Waals surface area contributed by atoms with Crippen LogP contribution in [-0.2, 0) is 9.53 Å². The Hall–Kier alpha value is -1.92. The van der Waals surface area contributed by atoms with Crippen LogP contribution in [0.4, 0.5) is 5.13 Å². The Kier molecular flexibility index (Phi) is 4.40. The molecule has 6 heteroatoms. The van der Waals surface area contributed by atoms with Gasteiger partial charge in [0.25, 0.3) is 5.91 Å². The number of carbonyl (C=O) groups excluding carboxylic acids is 1. The number of nitrogens with one attached hydrogen (secondary N) is 1. The molecule has 0 aliphatic carbocycles. The number of anilines is 1. The minimum Gasteiger partial charge on any atom is -0.496 e. The fraction of sp³-hybridized carbons (Fsp3) is 0.375. The molecule has 1 amide bonds. The maximum absolute atomic E-state index is 12.0. The Morgan fingerprint density at radius 1 is 1.50 bits per heavy atom. The summed E-state index contributed by atoms with van der Waals surface area (Å²) in [6.07, 6.45) is 1.36. The highest BCUT2D eigenvalue weighted by molar-refractivity contribution is 7.14. The van der Waals surface area contributed by atoms with Gasteiger partial charge in [0.1, 0.15) is 11.9 Å². The minimum atomic E-state index is -0.346. The number of ether oxygens (including phenoxy) is 2. The van der Waals surface area contributed by atoms with E-state index in [1.807, 2.05) is 30.5 Å². The largest absolute Gasteiger partial charge is 0.496 e. The molecular weight excluding hydrogens is 300 g/mol. The Balaban J connectivity index is 1.79. The molecule has 1 aliphatic heterocycles. The quantitative estimate of drug-likeness (QED) is 0.940. The molecule has 3 rings (SSSR count). The highest BCUT2D eigenvalue weighted by Gasteiger charge is 2.24. The van der Waals surface area contributed by atoms with Crippen LogP contribution in [0.25, 0.3) is 11.3 Å². The molecule has 1 aromatic heterocycles. The molecule has 0 spiro atoms. The number of hydrogen-bond donors (Lipinski definition) is 1. The molecular formula is C16H18N2O3S. The average Bonchev–Trinajstić information content (AvgIpc) is 3.18. The van der Waals surface area contributed by atoms with Crippen LogP contribution in [0.1, 0.15) is 18.4 Å². The number of thiazole rings is 1. The number of hydrogen-bond acceptors (Lipinski definition) is 5. The molecule has 22 heavy (non-hydrogen) atoms. The summed E-state index contributed by atoms with van der Waals surface area (Å²) in [5.41, 5.74) is 2.86. The van der Waals surface area contributed by atoms with Crippen LogP contribution in [0.15, 0.2) is 23.6 Å². The summed E-state index contributed by atoms with van der Waals surface area (Å²) in [5.74, 6) is 0.655. The van der Waals surface area contributed by atoms with Crippen LogP contribution in [-0.4, -0.2) is 30.7 Å². The van der Waals surface area contributed by atoms with E-state index in [1.54, 1.807) is 7.11 Å². The van der Waals surface area contributed by atoms with E-state index in [2.05, 4.69) is 10.3 Å². The van der Waals surface area contributed by atoms with Crippen LogP contribution in [0.3, 0.4) is 0 Å². The van der Waals surface area contributed by atoms with E-state index >= 15 is 0 Å². The lowest BCUT2D eigenvalue weighted by Crippen LogP contribution is -2.26. The second-order valence-corrected chi connectivity index (χ2v) is 6.09. The molecule has 1 aromatic carbocycles. The third-order valence-corrected chi connectivity index (χ3v) is 4.35. The fourth-order valence-corrected chi connectivity index (χ4v) is 3.16. The topological polar surface area (TPSA) is 60.5 Å². The number of carbonyl (C=O) groups is 1. The fourth-order valence-electron chi connectivity index (χ4n) is 2.45. The Labute approximate surface area is 133 Å². The molecule has 2 heterocycles. The molecule has 1 aliphatic rings. The van der Waals surface area contributed by atoms with Crippen LogP contribution in [0, 0.1) is 6.92 Å². The maximum Gasteiger partial charge on any atom is 0.255 e. The number of methoxy groups -OCH3 is 1. The van der Waals surface area contributed by atoms with Gasteiger partial charge in [-0.25, -0.2) is 4.98 Å². The molecule has 0 bridgehead atoms. The normalized spacial score (nSPS) is 17.5. The van der Waals surface area contributed by atoms with E-state index in [1.165, 1.54) is 11.3 Å². The lowest BCUT2D eigenvalue weighted by atomic mass is 10.1. The van der Waals surface area contributed by atoms with Crippen LogP contribution >= 0.6 is 11.3 Å². The zero-order chi connectivity index (χ0) is 15.5. The molecule has 5 nitrogen and oxygen atoms in total. The summed E-state index contributed by atoms with van der Waals surface area (Å²) < 4.78 is 10.8. The van der Waals surface area contributed by atoms with E-state index in [0.29, 0.717) is 11.7 Å². The first kappa shape index (κ1) is 15.0. The van der Waals surface area contributed by atoms with E-state index < -0.39 is 0 Å². The van der Waals surface area contributed by atoms with E-state index in [9.17, 15) is 4.79 Å². The van der Waals surface area contributed by atoms with Gasteiger partial charge in [0.2, 0.25) is 0 Å². The van der Waals surface area contributed by atoms with Gasteiger partial charge in [-0.3, -0.25) is 10.1 Å². The molecule has 116 valence electrons. The smallest absolute Gasteiger partial charge is 0.255 e. The lowest BCUT2D eigenvalue weighted by Gasteiger charge is -2.08. The Morgan fingerprint density at radius 3 is 3.09 bits per heavy atom. The van der Waals surface area contributed by atoms with Crippen molar-refractivity contribution in [3.8, 4) is 17.0 Å². The van der Waals surface area contributed by atoms with Crippen molar-refractivity contribution in [2.75, 3.05) is 19.0 Å². The zero-order valence-corrected chi connectivity index (χ0v) is 13.4. The number of rotatable bonds is 4. The maximum atomic E-state index is 12.0. The molecule has 1 atom stereocenters. The number of aryl methyl sites for hydroxylation is 1. The molecule has 0 radical (unpaired) electrons. The molecule has 1 saturated heterocycles. The van der Waals surface area contributed by atoms with Crippen molar-refractivity contribution in [1.82, 2.24) is 4.98 Å². The van der Waals surface area contributed by atoms with Crippen molar-refractivity contribution in [3.05, 3.63) is 29.1 Å². The third kappa shape index (κ3) is 3.13. The van der Waals surface area contributed by atoms with Gasteiger partial charge in [-0.1, -0.05) is 11.6 Å². The van der Waals surface area contributed by atoms with Gasteiger partial charge in [0, 0.05) is 17.6 Å². The molecule has 1 unspecified atom stereocenters. The van der Waals surface area contributed by atoms with Crippen molar-refractivity contribution < 1.29 is 14.3 Å². The number of benzene rings is 1. The second kappa shape index (κ2) is 6.46. The van der Waals surface area contributed by atoms with Crippen molar-refractivity contribution >= 4 is 22.4 Å². The highest BCUT2D eigenvalue weighted by Crippen LogP contribution is 2.33. The summed E-state index contributed by atoms with van der Waals surface area (Å²) in [6, 6.07) is 5.95. The first-order valence-corrected chi connectivity index (χ1v) is 8.08. The standard InChI is InChI=1S/C16H18N2O3S/c1-10-5-6-13(20-2)11(8-10)12-9-22-16(17-12)18-15(19)14-4-3-7-21-14/h5-6,8-9,14H,3-4,7H2,1-2H3,(H,17,18,19). The predicted octanol–water partition coefficient (Wildman–Crippen LogP) is 3.24. The van der Waals surface area contributed by atoms with Crippen molar-refractivity contribution in [1.29, 1.82) is 0 Å². The summed E-state index contributed by atoms with van der Waals surface area (Å²) in [6.45, 7) is 2.68. The predicted molar refractivity (Wildman–Crippen MR) is 86.4 cm³/mol. The summed E-state index contributed by atoms with van der Waals surface area (Å²) in [5, 5.41) is 5.33. The van der Waals surface area contributed by atoms with Gasteiger partial charge in [-0.2, -0.15) is 0 Å². The Bertz CT molecular complexity index is 678. The molecule has 2 aromatic rings. The monoisotopic (exact) mass is 318 g/mol. The summed E-state index contributed by atoms with van der Waals surface area (Å²) in [7, 11) is 1.64. The van der Waals surface area contributed by atoms with Crippen LogP contribution < -0.4 is 10.1 Å². The Morgan fingerprint density at radius 2 is 2.36 bits per heavy atom. The van der Waals surface area contributed by atoms with Gasteiger partial charge in [-0.15, -0.1) is 11.3 Å². The second-order valence-electron chi connectivity index (χ2n) is 5.23. The number of amides is 1. The average molecular weight is 318 g/mol. The van der Waals surface area contributed by atoms with E-state index in [-0.39, 0.29) is 12.0 Å². The number of aromatic nitrogens is 1. The van der Waals surface area contributed by atoms with Crippen molar-refractivity contribution in [2.24, 2.45) is 0 Å².